The van der Waals surface area contributed by atoms with E-state index in [4.69, 9.17) is 16.3 Å². The zero-order valence-electron chi connectivity index (χ0n) is 16.3. The lowest BCUT2D eigenvalue weighted by Crippen LogP contribution is -2.60. The Morgan fingerprint density at radius 1 is 1.26 bits per heavy atom. The third kappa shape index (κ3) is 5.67. The van der Waals surface area contributed by atoms with Gasteiger partial charge >= 0.3 is 0 Å². The number of hydrogen-bond donors (Lipinski definition) is 2. The normalized spacial score (nSPS) is 21.6. The first kappa shape index (κ1) is 20.6. The average Bonchev–Trinajstić information content (AvgIpc) is 2.72. The van der Waals surface area contributed by atoms with Crippen LogP contribution in [0, 0.1) is 0 Å². The molecular formula is C21H32ClN3O2. The quantitative estimate of drug-likeness (QED) is 0.747. The van der Waals surface area contributed by atoms with Crippen molar-refractivity contribution in [3.8, 4) is 0 Å². The monoisotopic (exact) mass is 393 g/mol. The van der Waals surface area contributed by atoms with Crippen LogP contribution in [0.5, 0.6) is 0 Å². The van der Waals surface area contributed by atoms with Gasteiger partial charge in [0, 0.05) is 36.2 Å². The van der Waals surface area contributed by atoms with Gasteiger partial charge < -0.3 is 15.4 Å². The summed E-state index contributed by atoms with van der Waals surface area (Å²) in [6.45, 7) is 6.64. The number of morpholine rings is 1. The highest BCUT2D eigenvalue weighted by Gasteiger charge is 2.38. The molecular weight excluding hydrogens is 362 g/mol. The van der Waals surface area contributed by atoms with Crippen LogP contribution in [0.3, 0.4) is 0 Å². The van der Waals surface area contributed by atoms with E-state index in [-0.39, 0.29) is 17.5 Å². The number of ether oxygens (including phenoxy) is 1. The maximum Gasteiger partial charge on any atom is 0.234 e. The highest BCUT2D eigenvalue weighted by atomic mass is 35.5. The van der Waals surface area contributed by atoms with Crippen molar-refractivity contribution in [2.45, 2.75) is 50.6 Å². The van der Waals surface area contributed by atoms with E-state index in [9.17, 15) is 4.79 Å². The lowest BCUT2D eigenvalue weighted by atomic mass is 9.79. The Morgan fingerprint density at radius 2 is 2.00 bits per heavy atom. The summed E-state index contributed by atoms with van der Waals surface area (Å²) in [5, 5.41) is 7.22. The molecule has 1 saturated heterocycles. The van der Waals surface area contributed by atoms with Crippen LogP contribution in [0.2, 0.25) is 5.02 Å². The number of rotatable bonds is 7. The Morgan fingerprint density at radius 3 is 2.70 bits per heavy atom. The summed E-state index contributed by atoms with van der Waals surface area (Å²) in [4.78, 5) is 15.0. The molecule has 0 radical (unpaired) electrons. The first-order valence-corrected chi connectivity index (χ1v) is 10.6. The number of carbonyl (C=O) groups excluding carboxylic acids is 1. The van der Waals surface area contributed by atoms with Gasteiger partial charge in [0.2, 0.25) is 5.91 Å². The first-order chi connectivity index (χ1) is 13.1. The Hall–Kier alpha value is -1.14. The molecule has 1 saturated carbocycles. The first-order valence-electron chi connectivity index (χ1n) is 10.2. The van der Waals surface area contributed by atoms with Crippen LogP contribution in [0.15, 0.2) is 24.3 Å². The molecule has 1 aromatic carbocycles. The van der Waals surface area contributed by atoms with Crippen LogP contribution in [0.25, 0.3) is 0 Å². The van der Waals surface area contributed by atoms with Crippen molar-refractivity contribution >= 4 is 17.5 Å². The molecule has 1 atom stereocenters. The van der Waals surface area contributed by atoms with Crippen molar-refractivity contribution in [1.82, 2.24) is 15.5 Å². The number of nitrogens with one attached hydrogen (secondary N) is 2. The molecule has 2 fully saturated rings. The maximum atomic E-state index is 12.5. The van der Waals surface area contributed by atoms with Crippen LogP contribution in [-0.2, 0) is 9.53 Å². The van der Waals surface area contributed by atoms with Crippen molar-refractivity contribution in [3.63, 3.8) is 0 Å². The molecule has 0 spiro atoms. The molecule has 150 valence electrons. The third-order valence-electron chi connectivity index (χ3n) is 6.00. The minimum absolute atomic E-state index is 0.0575. The Kier molecular flexibility index (Phi) is 7.53. The molecule has 3 rings (SSSR count). The second kappa shape index (κ2) is 9.87. The summed E-state index contributed by atoms with van der Waals surface area (Å²) in [6, 6.07) is 7.84. The second-order valence-corrected chi connectivity index (χ2v) is 8.26. The van der Waals surface area contributed by atoms with Gasteiger partial charge in [-0.05, 0) is 37.5 Å². The average molecular weight is 394 g/mol. The molecule has 6 heteroatoms. The summed E-state index contributed by atoms with van der Waals surface area (Å²) in [7, 11) is 0. The number of carbonyl (C=O) groups is 1. The minimum atomic E-state index is 0.0575. The van der Waals surface area contributed by atoms with Crippen molar-refractivity contribution in [1.29, 1.82) is 0 Å². The topological polar surface area (TPSA) is 53.6 Å². The number of nitrogens with zero attached hydrogens (tertiary/aromatic N) is 1. The van der Waals surface area contributed by atoms with Crippen LogP contribution in [0.1, 0.15) is 50.6 Å². The van der Waals surface area contributed by atoms with Crippen LogP contribution < -0.4 is 10.6 Å². The summed E-state index contributed by atoms with van der Waals surface area (Å²) < 4.78 is 5.53. The maximum absolute atomic E-state index is 12.5. The Balaban J connectivity index is 1.50. The van der Waals surface area contributed by atoms with Crippen LogP contribution >= 0.6 is 11.6 Å². The van der Waals surface area contributed by atoms with Crippen LogP contribution in [0.4, 0.5) is 0 Å². The highest BCUT2D eigenvalue weighted by molar-refractivity contribution is 6.30. The number of amides is 1. The van der Waals surface area contributed by atoms with Gasteiger partial charge in [0.15, 0.2) is 0 Å². The van der Waals surface area contributed by atoms with Gasteiger partial charge in [0.25, 0.3) is 0 Å². The highest BCUT2D eigenvalue weighted by Crippen LogP contribution is 2.33. The van der Waals surface area contributed by atoms with E-state index in [0.29, 0.717) is 6.54 Å². The third-order valence-corrected chi connectivity index (χ3v) is 6.23. The number of benzene rings is 1. The van der Waals surface area contributed by atoms with Crippen LogP contribution in [-0.4, -0.2) is 55.7 Å². The molecule has 1 aromatic rings. The fourth-order valence-corrected chi connectivity index (χ4v) is 4.52. The minimum Gasteiger partial charge on any atom is -0.379 e. The summed E-state index contributed by atoms with van der Waals surface area (Å²) in [5.74, 6) is 0.0575. The van der Waals surface area contributed by atoms with Gasteiger partial charge in [-0.1, -0.05) is 43.0 Å². The standard InChI is InChI=1S/C21H32ClN3O2/c1-17(18-6-5-7-19(22)14-18)23-15-20(26)24-16-21(8-3-2-4-9-21)25-10-12-27-13-11-25/h5-7,14,17,23H,2-4,8-13,15-16H2,1H3,(H,24,26). The van der Waals surface area contributed by atoms with E-state index in [1.807, 2.05) is 24.3 Å². The van der Waals surface area contributed by atoms with E-state index in [2.05, 4.69) is 22.5 Å². The lowest BCUT2D eigenvalue weighted by Gasteiger charge is -2.48. The zero-order valence-corrected chi connectivity index (χ0v) is 17.1. The summed E-state index contributed by atoms with van der Waals surface area (Å²) in [5.41, 5.74) is 1.20. The van der Waals surface area contributed by atoms with E-state index in [0.717, 1.165) is 43.4 Å². The van der Waals surface area contributed by atoms with Gasteiger partial charge in [0.05, 0.1) is 19.8 Å². The number of hydrogen-bond acceptors (Lipinski definition) is 4. The molecule has 0 aromatic heterocycles. The van der Waals surface area contributed by atoms with Gasteiger partial charge in [-0.2, -0.15) is 0 Å². The van der Waals surface area contributed by atoms with E-state index in [1.165, 1.54) is 32.1 Å². The lowest BCUT2D eigenvalue weighted by molar-refractivity contribution is -0.121. The summed E-state index contributed by atoms with van der Waals surface area (Å²) >= 11 is 6.06. The van der Waals surface area contributed by atoms with Gasteiger partial charge in [0.1, 0.15) is 0 Å². The predicted molar refractivity (Wildman–Crippen MR) is 109 cm³/mol. The van der Waals surface area contributed by atoms with Crippen molar-refractivity contribution in [2.24, 2.45) is 0 Å². The molecule has 1 heterocycles. The molecule has 2 aliphatic rings. The predicted octanol–water partition coefficient (Wildman–Crippen LogP) is 3.14. The molecule has 5 nitrogen and oxygen atoms in total. The van der Waals surface area contributed by atoms with Crippen molar-refractivity contribution in [2.75, 3.05) is 39.4 Å². The van der Waals surface area contributed by atoms with Gasteiger partial charge in [-0.3, -0.25) is 9.69 Å². The van der Waals surface area contributed by atoms with E-state index >= 15 is 0 Å². The van der Waals surface area contributed by atoms with E-state index < -0.39 is 0 Å². The number of halogens is 1. The molecule has 1 unspecified atom stereocenters. The molecule has 0 bridgehead atoms. The molecule has 1 amide bonds. The van der Waals surface area contributed by atoms with Gasteiger partial charge in [-0.25, -0.2) is 0 Å². The van der Waals surface area contributed by atoms with Crippen molar-refractivity contribution < 1.29 is 9.53 Å². The molecule has 1 aliphatic carbocycles. The molecule has 1 aliphatic heterocycles. The van der Waals surface area contributed by atoms with Crippen molar-refractivity contribution in [3.05, 3.63) is 34.9 Å². The summed E-state index contributed by atoms with van der Waals surface area (Å²) in [6.07, 6.45) is 6.13. The van der Waals surface area contributed by atoms with Gasteiger partial charge in [-0.15, -0.1) is 0 Å². The molecule has 2 N–H and O–H groups in total. The fraction of sp³-hybridized carbons (Fsp3) is 0.667. The molecule has 27 heavy (non-hydrogen) atoms. The fourth-order valence-electron chi connectivity index (χ4n) is 4.32. The van der Waals surface area contributed by atoms with E-state index in [1.54, 1.807) is 0 Å². The largest absolute Gasteiger partial charge is 0.379 e. The second-order valence-electron chi connectivity index (χ2n) is 7.82. The zero-order chi connectivity index (χ0) is 19.1. The Labute approximate surface area is 167 Å². The SMILES string of the molecule is CC(NCC(=O)NCC1(N2CCOCC2)CCCCC1)c1cccc(Cl)c1. The smallest absolute Gasteiger partial charge is 0.234 e. The Bertz CT molecular complexity index is 613.